The first-order valence-electron chi connectivity index (χ1n) is 6.35. The predicted molar refractivity (Wildman–Crippen MR) is 72.2 cm³/mol. The van der Waals surface area contributed by atoms with Crippen molar-refractivity contribution in [3.05, 3.63) is 47.5 Å². The minimum Gasteiger partial charge on any atom is -0.508 e. The number of aliphatic hydroxyl groups is 2. The lowest BCUT2D eigenvalue weighted by Gasteiger charge is -2.34. The number of aromatic hydroxyl groups is 3. The fourth-order valence-electron chi connectivity index (χ4n) is 2.46. The van der Waals surface area contributed by atoms with Crippen molar-refractivity contribution in [1.29, 1.82) is 0 Å². The van der Waals surface area contributed by atoms with Crippen molar-refractivity contribution >= 4 is 0 Å². The predicted octanol–water partition coefficient (Wildman–Crippen LogP) is 1.33. The maximum Gasteiger partial charge on any atom is 0.152 e. The summed E-state index contributed by atoms with van der Waals surface area (Å²) in [5.74, 6) is -0.385. The van der Waals surface area contributed by atoms with Crippen LogP contribution in [0.1, 0.15) is 23.3 Å². The molecule has 0 saturated heterocycles. The van der Waals surface area contributed by atoms with E-state index in [9.17, 15) is 25.5 Å². The smallest absolute Gasteiger partial charge is 0.152 e. The maximum absolute atomic E-state index is 10.2. The monoisotopic (exact) mass is 290 g/mol. The minimum atomic E-state index is -1.35. The Morgan fingerprint density at radius 2 is 1.52 bits per heavy atom. The van der Waals surface area contributed by atoms with Gasteiger partial charge in [-0.25, -0.2) is 0 Å². The van der Waals surface area contributed by atoms with Gasteiger partial charge in [-0.05, 0) is 17.7 Å². The molecular weight excluding hydrogens is 276 g/mol. The summed E-state index contributed by atoms with van der Waals surface area (Å²) in [5, 5.41) is 48.9. The molecule has 5 N–H and O–H groups in total. The summed E-state index contributed by atoms with van der Waals surface area (Å²) in [4.78, 5) is 0. The number of ether oxygens (including phenoxy) is 1. The average molecular weight is 290 g/mol. The summed E-state index contributed by atoms with van der Waals surface area (Å²) in [6.07, 6.45) is -3.53. The molecule has 6 heteroatoms. The largest absolute Gasteiger partial charge is 0.508 e. The normalized spacial score (nSPS) is 24.2. The molecule has 21 heavy (non-hydrogen) atoms. The number of phenolic OH excluding ortho intramolecular Hbond substituents is 3. The Labute approximate surface area is 120 Å². The zero-order valence-corrected chi connectivity index (χ0v) is 10.8. The zero-order valence-electron chi connectivity index (χ0n) is 10.8. The molecule has 1 heterocycles. The van der Waals surface area contributed by atoms with Gasteiger partial charge in [-0.1, -0.05) is 12.1 Å². The third kappa shape index (κ3) is 2.24. The lowest BCUT2D eigenvalue weighted by molar-refractivity contribution is -0.0710. The van der Waals surface area contributed by atoms with E-state index < -0.39 is 18.3 Å². The van der Waals surface area contributed by atoms with Gasteiger partial charge in [0.2, 0.25) is 0 Å². The summed E-state index contributed by atoms with van der Waals surface area (Å²) < 4.78 is 5.59. The second kappa shape index (κ2) is 4.83. The van der Waals surface area contributed by atoms with E-state index >= 15 is 0 Å². The van der Waals surface area contributed by atoms with E-state index in [1.807, 2.05) is 0 Å². The molecule has 2 aromatic rings. The van der Waals surface area contributed by atoms with Crippen LogP contribution in [0.25, 0.3) is 0 Å². The number of hydrogen-bond acceptors (Lipinski definition) is 6. The number of aliphatic hydroxyl groups excluding tert-OH is 2. The van der Waals surface area contributed by atoms with Gasteiger partial charge in [0.05, 0.1) is 5.56 Å². The van der Waals surface area contributed by atoms with Crippen molar-refractivity contribution in [2.45, 2.75) is 18.3 Å². The quantitative estimate of drug-likeness (QED) is 0.542. The molecule has 6 nitrogen and oxygen atoms in total. The zero-order chi connectivity index (χ0) is 15.1. The first kappa shape index (κ1) is 13.5. The molecule has 0 aliphatic carbocycles. The molecule has 0 aromatic heterocycles. The van der Waals surface area contributed by atoms with Gasteiger partial charge in [0.15, 0.2) is 6.10 Å². The van der Waals surface area contributed by atoms with Crippen LogP contribution in [0.4, 0.5) is 0 Å². The van der Waals surface area contributed by atoms with Crippen LogP contribution in [0.5, 0.6) is 23.0 Å². The van der Waals surface area contributed by atoms with Gasteiger partial charge in [-0.2, -0.15) is 0 Å². The molecule has 1 aliphatic heterocycles. The number of benzene rings is 2. The first-order chi connectivity index (χ1) is 9.97. The highest BCUT2D eigenvalue weighted by atomic mass is 16.5. The van der Waals surface area contributed by atoms with Crippen molar-refractivity contribution in [2.75, 3.05) is 0 Å². The van der Waals surface area contributed by atoms with Crippen LogP contribution in [0, 0.1) is 0 Å². The Balaban J connectivity index is 2.04. The Kier molecular flexibility index (Phi) is 3.12. The lowest BCUT2D eigenvalue weighted by atomic mass is 9.91. The third-order valence-corrected chi connectivity index (χ3v) is 3.51. The third-order valence-electron chi connectivity index (χ3n) is 3.51. The van der Waals surface area contributed by atoms with E-state index in [0.29, 0.717) is 5.56 Å². The van der Waals surface area contributed by atoms with E-state index in [4.69, 9.17) is 4.74 Å². The van der Waals surface area contributed by atoms with Crippen LogP contribution in [0.3, 0.4) is 0 Å². The SMILES string of the molecule is Oc1ccc([C@H]2Oc3cc(O)cc(O)c3[C@@H](O)[C@@H]2O)cc1. The number of phenols is 3. The number of hydrogen-bond donors (Lipinski definition) is 5. The van der Waals surface area contributed by atoms with E-state index in [-0.39, 0.29) is 28.6 Å². The van der Waals surface area contributed by atoms with E-state index in [1.165, 1.54) is 18.2 Å². The molecule has 2 aromatic carbocycles. The lowest BCUT2D eigenvalue weighted by Crippen LogP contribution is -2.34. The summed E-state index contributed by atoms with van der Waals surface area (Å²) in [6.45, 7) is 0. The standard InChI is InChI=1S/C15H14O6/c16-8-3-1-7(2-4-8)15-14(20)13(19)12-10(18)5-9(17)6-11(12)21-15/h1-6,13-20H/t13-,14+,15-/m1/s1. The summed E-state index contributed by atoms with van der Waals surface area (Å²) in [5.41, 5.74) is 0.586. The first-order valence-corrected chi connectivity index (χ1v) is 6.35. The Hall–Kier alpha value is -2.44. The second-order valence-electron chi connectivity index (χ2n) is 4.94. The summed E-state index contributed by atoms with van der Waals surface area (Å²) >= 11 is 0. The molecular formula is C15H14O6. The van der Waals surface area contributed by atoms with E-state index in [0.717, 1.165) is 6.07 Å². The highest BCUT2D eigenvalue weighted by molar-refractivity contribution is 5.52. The summed E-state index contributed by atoms with van der Waals surface area (Å²) in [6, 6.07) is 8.32. The molecule has 0 fully saturated rings. The minimum absolute atomic E-state index is 0.0373. The highest BCUT2D eigenvalue weighted by Crippen LogP contribution is 2.46. The molecule has 0 unspecified atom stereocenters. The van der Waals surface area contributed by atoms with Crippen molar-refractivity contribution in [2.24, 2.45) is 0 Å². The fraction of sp³-hybridized carbons (Fsp3) is 0.200. The van der Waals surface area contributed by atoms with Gasteiger partial charge in [-0.15, -0.1) is 0 Å². The topological polar surface area (TPSA) is 110 Å². The van der Waals surface area contributed by atoms with E-state index in [2.05, 4.69) is 0 Å². The van der Waals surface area contributed by atoms with Crippen LogP contribution in [-0.2, 0) is 0 Å². The van der Waals surface area contributed by atoms with Gasteiger partial charge < -0.3 is 30.3 Å². The average Bonchev–Trinajstić information content (AvgIpc) is 2.43. The van der Waals surface area contributed by atoms with Gasteiger partial charge in [0, 0.05) is 12.1 Å². The number of rotatable bonds is 1. The molecule has 3 rings (SSSR count). The highest BCUT2D eigenvalue weighted by Gasteiger charge is 2.39. The van der Waals surface area contributed by atoms with E-state index in [1.54, 1.807) is 12.1 Å². The van der Waals surface area contributed by atoms with Gasteiger partial charge in [0.25, 0.3) is 0 Å². The van der Waals surface area contributed by atoms with Crippen molar-refractivity contribution in [3.8, 4) is 23.0 Å². The maximum atomic E-state index is 10.2. The molecule has 0 amide bonds. The Morgan fingerprint density at radius 3 is 2.19 bits per heavy atom. The number of fused-ring (bicyclic) bond motifs is 1. The summed E-state index contributed by atoms with van der Waals surface area (Å²) in [7, 11) is 0. The molecule has 0 spiro atoms. The van der Waals surface area contributed by atoms with Crippen LogP contribution < -0.4 is 4.74 Å². The van der Waals surface area contributed by atoms with Crippen molar-refractivity contribution < 1.29 is 30.3 Å². The molecule has 110 valence electrons. The Morgan fingerprint density at radius 1 is 0.857 bits per heavy atom. The molecule has 3 atom stereocenters. The van der Waals surface area contributed by atoms with Crippen molar-refractivity contribution in [1.82, 2.24) is 0 Å². The van der Waals surface area contributed by atoms with Gasteiger partial charge >= 0.3 is 0 Å². The Bertz CT molecular complexity index is 667. The van der Waals surface area contributed by atoms with Crippen LogP contribution in [0.2, 0.25) is 0 Å². The van der Waals surface area contributed by atoms with Crippen LogP contribution >= 0.6 is 0 Å². The fourth-order valence-corrected chi connectivity index (χ4v) is 2.46. The van der Waals surface area contributed by atoms with Gasteiger partial charge in [0.1, 0.15) is 35.2 Å². The molecule has 1 aliphatic rings. The van der Waals surface area contributed by atoms with Crippen LogP contribution in [0.15, 0.2) is 36.4 Å². The molecule has 0 radical (unpaired) electrons. The van der Waals surface area contributed by atoms with Crippen LogP contribution in [-0.4, -0.2) is 31.6 Å². The molecule has 0 bridgehead atoms. The molecule has 0 saturated carbocycles. The van der Waals surface area contributed by atoms with Crippen molar-refractivity contribution in [3.63, 3.8) is 0 Å². The second-order valence-corrected chi connectivity index (χ2v) is 4.94. The van der Waals surface area contributed by atoms with Gasteiger partial charge in [-0.3, -0.25) is 0 Å².